The quantitative estimate of drug-likeness (QED) is 0.826. The first-order chi connectivity index (χ1) is 8.10. The van der Waals surface area contributed by atoms with Gasteiger partial charge in [-0.2, -0.15) is 0 Å². The summed E-state index contributed by atoms with van der Waals surface area (Å²) in [4.78, 5) is 0. The molecule has 0 spiro atoms. The molecule has 0 aliphatic rings. The van der Waals surface area contributed by atoms with E-state index in [2.05, 4.69) is 6.92 Å². The van der Waals surface area contributed by atoms with E-state index in [0.29, 0.717) is 6.61 Å². The van der Waals surface area contributed by atoms with Gasteiger partial charge in [-0.3, -0.25) is 0 Å². The number of hydrogen-bond donors (Lipinski definition) is 1. The molecule has 2 nitrogen and oxygen atoms in total. The molecule has 0 radical (unpaired) electrons. The maximum atomic E-state index is 13.0. The van der Waals surface area contributed by atoms with Crippen molar-refractivity contribution in [2.75, 3.05) is 6.61 Å². The normalized spacial score (nSPS) is 14.6. The fourth-order valence-corrected chi connectivity index (χ4v) is 2.08. The minimum atomic E-state index is -0.220. The molecule has 3 heteroatoms. The summed E-state index contributed by atoms with van der Waals surface area (Å²) < 4.78 is 18.7. The summed E-state index contributed by atoms with van der Waals surface area (Å²) in [5.74, 6) is -0.220. The number of ether oxygens (including phenoxy) is 1. The maximum absolute atomic E-state index is 13.0. The van der Waals surface area contributed by atoms with Crippen LogP contribution < -0.4 is 5.73 Å². The predicted molar refractivity (Wildman–Crippen MR) is 68.4 cm³/mol. The summed E-state index contributed by atoms with van der Waals surface area (Å²) in [5.41, 5.74) is 8.07. The molecule has 0 aliphatic carbocycles. The van der Waals surface area contributed by atoms with Crippen molar-refractivity contribution in [2.45, 2.75) is 45.8 Å². The van der Waals surface area contributed by atoms with E-state index >= 15 is 0 Å². The van der Waals surface area contributed by atoms with Crippen molar-refractivity contribution >= 4 is 0 Å². The first-order valence-corrected chi connectivity index (χ1v) is 6.23. The van der Waals surface area contributed by atoms with Gasteiger partial charge in [-0.05, 0) is 43.5 Å². The number of nitrogens with two attached hydrogens (primary N) is 1. The molecule has 2 unspecified atom stereocenters. The summed E-state index contributed by atoms with van der Waals surface area (Å²) >= 11 is 0. The van der Waals surface area contributed by atoms with Gasteiger partial charge in [-0.15, -0.1) is 0 Å². The molecular formula is C14H22FNO. The highest BCUT2D eigenvalue weighted by Crippen LogP contribution is 2.23. The average Bonchev–Trinajstić information content (AvgIpc) is 2.28. The Bertz CT molecular complexity index is 348. The topological polar surface area (TPSA) is 35.2 Å². The molecule has 1 aromatic rings. The Hall–Kier alpha value is -0.930. The van der Waals surface area contributed by atoms with E-state index in [-0.39, 0.29) is 18.0 Å². The zero-order valence-electron chi connectivity index (χ0n) is 10.9. The van der Waals surface area contributed by atoms with Crippen molar-refractivity contribution in [3.63, 3.8) is 0 Å². The molecule has 17 heavy (non-hydrogen) atoms. The lowest BCUT2D eigenvalue weighted by Gasteiger charge is -2.25. The van der Waals surface area contributed by atoms with E-state index in [1.54, 1.807) is 6.07 Å². The van der Waals surface area contributed by atoms with Gasteiger partial charge in [0.05, 0.1) is 12.1 Å². The molecule has 0 saturated carbocycles. The second-order valence-electron chi connectivity index (χ2n) is 4.31. The third-order valence-electron chi connectivity index (χ3n) is 2.95. The molecule has 0 bridgehead atoms. The molecule has 0 aromatic heterocycles. The molecule has 0 amide bonds. The smallest absolute Gasteiger partial charge is 0.123 e. The summed E-state index contributed by atoms with van der Waals surface area (Å²) in [6.07, 6.45) is 1.96. The standard InChI is InChI=1S/C14H22FNO/c1-4-6-13(17-5-2)14(16)12-8-7-11(15)9-10(12)3/h7-9,13-14H,4-6,16H2,1-3H3. The number of halogens is 1. The van der Waals surface area contributed by atoms with Crippen LogP contribution >= 0.6 is 0 Å². The highest BCUT2D eigenvalue weighted by atomic mass is 19.1. The van der Waals surface area contributed by atoms with Crippen LogP contribution in [0.1, 0.15) is 43.9 Å². The van der Waals surface area contributed by atoms with E-state index in [4.69, 9.17) is 10.5 Å². The van der Waals surface area contributed by atoms with Gasteiger partial charge >= 0.3 is 0 Å². The molecule has 96 valence electrons. The second kappa shape index (κ2) is 6.72. The summed E-state index contributed by atoms with van der Waals surface area (Å²) in [7, 11) is 0. The maximum Gasteiger partial charge on any atom is 0.123 e. The van der Waals surface area contributed by atoms with Gasteiger partial charge < -0.3 is 10.5 Å². The Morgan fingerprint density at radius 3 is 2.59 bits per heavy atom. The first-order valence-electron chi connectivity index (χ1n) is 6.23. The Labute approximate surface area is 103 Å². The minimum Gasteiger partial charge on any atom is -0.377 e. The molecule has 0 heterocycles. The monoisotopic (exact) mass is 239 g/mol. The van der Waals surface area contributed by atoms with Crippen LogP contribution in [0.3, 0.4) is 0 Å². The summed E-state index contributed by atoms with van der Waals surface area (Å²) in [5, 5.41) is 0. The SMILES string of the molecule is CCCC(OCC)C(N)c1ccc(F)cc1C. The van der Waals surface area contributed by atoms with Crippen molar-refractivity contribution in [3.8, 4) is 0 Å². The van der Waals surface area contributed by atoms with Crippen LogP contribution in [0.2, 0.25) is 0 Å². The van der Waals surface area contributed by atoms with Crippen LogP contribution in [0.15, 0.2) is 18.2 Å². The third-order valence-corrected chi connectivity index (χ3v) is 2.95. The van der Waals surface area contributed by atoms with Gasteiger partial charge in [0.15, 0.2) is 0 Å². The number of hydrogen-bond acceptors (Lipinski definition) is 2. The highest BCUT2D eigenvalue weighted by Gasteiger charge is 2.20. The fourth-order valence-electron chi connectivity index (χ4n) is 2.08. The van der Waals surface area contributed by atoms with Crippen molar-refractivity contribution < 1.29 is 9.13 Å². The van der Waals surface area contributed by atoms with E-state index < -0.39 is 0 Å². The molecule has 0 saturated heterocycles. The van der Waals surface area contributed by atoms with Gasteiger partial charge in [-0.1, -0.05) is 19.4 Å². The van der Waals surface area contributed by atoms with E-state index in [0.717, 1.165) is 24.0 Å². The van der Waals surface area contributed by atoms with Crippen molar-refractivity contribution in [2.24, 2.45) is 5.73 Å². The summed E-state index contributed by atoms with van der Waals surface area (Å²) in [6, 6.07) is 4.55. The lowest BCUT2D eigenvalue weighted by Crippen LogP contribution is -2.29. The minimum absolute atomic E-state index is 0.00848. The Balaban J connectivity index is 2.88. The molecule has 2 atom stereocenters. The van der Waals surface area contributed by atoms with E-state index in [1.807, 2.05) is 13.8 Å². The zero-order valence-corrected chi connectivity index (χ0v) is 10.9. The van der Waals surface area contributed by atoms with Gasteiger partial charge in [0, 0.05) is 6.61 Å². The van der Waals surface area contributed by atoms with Crippen LogP contribution in [0.4, 0.5) is 4.39 Å². The van der Waals surface area contributed by atoms with Crippen LogP contribution in [-0.4, -0.2) is 12.7 Å². The van der Waals surface area contributed by atoms with Crippen LogP contribution in [0.5, 0.6) is 0 Å². The van der Waals surface area contributed by atoms with Crippen LogP contribution in [0, 0.1) is 12.7 Å². The Morgan fingerprint density at radius 2 is 2.06 bits per heavy atom. The molecule has 0 aliphatic heterocycles. The molecule has 0 fully saturated rings. The first kappa shape index (κ1) is 14.1. The van der Waals surface area contributed by atoms with Gasteiger partial charge in [0.25, 0.3) is 0 Å². The van der Waals surface area contributed by atoms with Gasteiger partial charge in [0.1, 0.15) is 5.82 Å². The molecule has 2 N–H and O–H groups in total. The van der Waals surface area contributed by atoms with Crippen molar-refractivity contribution in [3.05, 3.63) is 35.1 Å². The van der Waals surface area contributed by atoms with E-state index in [9.17, 15) is 4.39 Å². The number of rotatable bonds is 6. The average molecular weight is 239 g/mol. The third kappa shape index (κ3) is 3.79. The highest BCUT2D eigenvalue weighted by molar-refractivity contribution is 5.30. The number of aryl methyl sites for hydroxylation is 1. The fraction of sp³-hybridized carbons (Fsp3) is 0.571. The zero-order chi connectivity index (χ0) is 12.8. The second-order valence-corrected chi connectivity index (χ2v) is 4.31. The lowest BCUT2D eigenvalue weighted by molar-refractivity contribution is 0.0373. The number of benzene rings is 1. The van der Waals surface area contributed by atoms with Crippen LogP contribution in [-0.2, 0) is 4.74 Å². The van der Waals surface area contributed by atoms with Crippen molar-refractivity contribution in [1.29, 1.82) is 0 Å². The van der Waals surface area contributed by atoms with Crippen LogP contribution in [0.25, 0.3) is 0 Å². The Morgan fingerprint density at radius 1 is 1.35 bits per heavy atom. The van der Waals surface area contributed by atoms with Gasteiger partial charge in [0.2, 0.25) is 0 Å². The molecular weight excluding hydrogens is 217 g/mol. The van der Waals surface area contributed by atoms with Gasteiger partial charge in [-0.25, -0.2) is 4.39 Å². The summed E-state index contributed by atoms with van der Waals surface area (Å²) in [6.45, 7) is 6.61. The largest absolute Gasteiger partial charge is 0.377 e. The molecule has 1 aromatic carbocycles. The Kier molecular flexibility index (Phi) is 5.59. The molecule has 1 rings (SSSR count). The predicted octanol–water partition coefficient (Wildman–Crippen LogP) is 3.34. The van der Waals surface area contributed by atoms with E-state index in [1.165, 1.54) is 12.1 Å². The van der Waals surface area contributed by atoms with Crippen molar-refractivity contribution in [1.82, 2.24) is 0 Å². The lowest BCUT2D eigenvalue weighted by atomic mass is 9.95.